The average Bonchev–Trinajstić information content (AvgIpc) is 2.40. The predicted octanol–water partition coefficient (Wildman–Crippen LogP) is 2.39. The number of hydrogen-bond acceptors (Lipinski definition) is 3. The van der Waals surface area contributed by atoms with Gasteiger partial charge in [-0.1, -0.05) is 0 Å². The summed E-state index contributed by atoms with van der Waals surface area (Å²) in [6.07, 6.45) is 3.63. The summed E-state index contributed by atoms with van der Waals surface area (Å²) in [6, 6.07) is 3.76. The van der Waals surface area contributed by atoms with Crippen LogP contribution < -0.4 is 5.32 Å². The molecule has 1 fully saturated rings. The molecule has 0 aromatic carbocycles. The van der Waals surface area contributed by atoms with E-state index in [4.69, 9.17) is 4.74 Å². The quantitative estimate of drug-likeness (QED) is 0.932. The Morgan fingerprint density at radius 3 is 2.94 bits per heavy atom. The third kappa shape index (κ3) is 3.29. The third-order valence-corrected chi connectivity index (χ3v) is 3.95. The Morgan fingerprint density at radius 1 is 1.56 bits per heavy atom. The molecule has 18 heavy (non-hydrogen) atoms. The molecule has 0 spiro atoms. The van der Waals surface area contributed by atoms with Gasteiger partial charge in [0, 0.05) is 29.9 Å². The molecule has 4 nitrogen and oxygen atoms in total. The van der Waals surface area contributed by atoms with E-state index in [0.29, 0.717) is 11.6 Å². The monoisotopic (exact) mass is 312 g/mol. The molecule has 0 bridgehead atoms. The molecule has 0 saturated carbocycles. The highest BCUT2D eigenvalue weighted by molar-refractivity contribution is 9.10. The maximum atomic E-state index is 12.1. The zero-order valence-corrected chi connectivity index (χ0v) is 11.9. The van der Waals surface area contributed by atoms with Crippen molar-refractivity contribution < 1.29 is 9.53 Å². The van der Waals surface area contributed by atoms with Crippen LogP contribution in [0.15, 0.2) is 22.8 Å². The lowest BCUT2D eigenvalue weighted by atomic mass is 9.93. The van der Waals surface area contributed by atoms with E-state index in [-0.39, 0.29) is 11.9 Å². The van der Waals surface area contributed by atoms with Crippen LogP contribution in [0, 0.1) is 5.92 Å². The van der Waals surface area contributed by atoms with E-state index in [9.17, 15) is 4.79 Å². The molecule has 1 atom stereocenters. The highest BCUT2D eigenvalue weighted by atomic mass is 79.9. The first-order valence-electron chi connectivity index (χ1n) is 6.17. The van der Waals surface area contributed by atoms with Crippen molar-refractivity contribution in [3.8, 4) is 0 Å². The summed E-state index contributed by atoms with van der Waals surface area (Å²) in [4.78, 5) is 16.2. The predicted molar refractivity (Wildman–Crippen MR) is 72.4 cm³/mol. The van der Waals surface area contributed by atoms with E-state index in [0.717, 1.165) is 30.5 Å². The first kappa shape index (κ1) is 13.5. The van der Waals surface area contributed by atoms with Crippen LogP contribution in [-0.4, -0.2) is 30.1 Å². The SMILES string of the molecule is CC(NC(=O)c1ncccc1Br)C1CCOCC1. The molecular weight excluding hydrogens is 296 g/mol. The summed E-state index contributed by atoms with van der Waals surface area (Å²) >= 11 is 3.34. The summed E-state index contributed by atoms with van der Waals surface area (Å²) in [5, 5.41) is 3.02. The summed E-state index contributed by atoms with van der Waals surface area (Å²) in [6.45, 7) is 3.63. The molecule has 2 rings (SSSR count). The van der Waals surface area contributed by atoms with E-state index >= 15 is 0 Å². The van der Waals surface area contributed by atoms with Crippen molar-refractivity contribution in [3.05, 3.63) is 28.5 Å². The van der Waals surface area contributed by atoms with E-state index in [1.165, 1.54) is 0 Å². The Balaban J connectivity index is 1.96. The van der Waals surface area contributed by atoms with Gasteiger partial charge < -0.3 is 10.1 Å². The second-order valence-electron chi connectivity index (χ2n) is 4.55. The van der Waals surface area contributed by atoms with Crippen LogP contribution >= 0.6 is 15.9 Å². The fourth-order valence-corrected chi connectivity index (χ4v) is 2.60. The van der Waals surface area contributed by atoms with Gasteiger partial charge in [-0.25, -0.2) is 4.98 Å². The van der Waals surface area contributed by atoms with Crippen LogP contribution in [-0.2, 0) is 4.74 Å². The summed E-state index contributed by atoms with van der Waals surface area (Å²) in [7, 11) is 0. The number of halogens is 1. The second-order valence-corrected chi connectivity index (χ2v) is 5.40. The van der Waals surface area contributed by atoms with Gasteiger partial charge in [-0.05, 0) is 53.7 Å². The lowest BCUT2D eigenvalue weighted by molar-refractivity contribution is 0.0537. The van der Waals surface area contributed by atoms with Gasteiger partial charge >= 0.3 is 0 Å². The van der Waals surface area contributed by atoms with Crippen molar-refractivity contribution in [2.75, 3.05) is 13.2 Å². The van der Waals surface area contributed by atoms with Crippen molar-refractivity contribution in [2.45, 2.75) is 25.8 Å². The Kier molecular flexibility index (Phi) is 4.72. The van der Waals surface area contributed by atoms with Crippen LogP contribution in [0.25, 0.3) is 0 Å². The van der Waals surface area contributed by atoms with Crippen molar-refractivity contribution in [1.29, 1.82) is 0 Å². The zero-order valence-electron chi connectivity index (χ0n) is 10.4. The normalized spacial score (nSPS) is 18.3. The molecule has 1 unspecified atom stereocenters. The van der Waals surface area contributed by atoms with Crippen LogP contribution in [0.3, 0.4) is 0 Å². The van der Waals surface area contributed by atoms with Crippen LogP contribution in [0.1, 0.15) is 30.3 Å². The van der Waals surface area contributed by atoms with Gasteiger partial charge in [0.1, 0.15) is 5.69 Å². The molecular formula is C13H17BrN2O2. The molecule has 1 aliphatic rings. The number of amides is 1. The maximum absolute atomic E-state index is 12.1. The smallest absolute Gasteiger partial charge is 0.271 e. The topological polar surface area (TPSA) is 51.2 Å². The summed E-state index contributed by atoms with van der Waals surface area (Å²) in [5.74, 6) is 0.367. The van der Waals surface area contributed by atoms with Crippen LogP contribution in [0.5, 0.6) is 0 Å². The minimum absolute atomic E-state index is 0.124. The molecule has 5 heteroatoms. The summed E-state index contributed by atoms with van der Waals surface area (Å²) in [5.41, 5.74) is 0.441. The zero-order chi connectivity index (χ0) is 13.0. The first-order chi connectivity index (χ1) is 8.68. The molecule has 98 valence electrons. The van der Waals surface area contributed by atoms with E-state index < -0.39 is 0 Å². The van der Waals surface area contributed by atoms with Crippen molar-refractivity contribution in [3.63, 3.8) is 0 Å². The molecule has 2 heterocycles. The van der Waals surface area contributed by atoms with Crippen molar-refractivity contribution in [1.82, 2.24) is 10.3 Å². The van der Waals surface area contributed by atoms with Gasteiger partial charge in [0.2, 0.25) is 0 Å². The van der Waals surface area contributed by atoms with Gasteiger partial charge in [0.05, 0.1) is 0 Å². The average molecular weight is 313 g/mol. The molecule has 1 N–H and O–H groups in total. The lowest BCUT2D eigenvalue weighted by Gasteiger charge is -2.28. The number of carbonyl (C=O) groups is 1. The van der Waals surface area contributed by atoms with Gasteiger partial charge in [-0.2, -0.15) is 0 Å². The lowest BCUT2D eigenvalue weighted by Crippen LogP contribution is -2.40. The number of nitrogens with zero attached hydrogens (tertiary/aromatic N) is 1. The number of nitrogens with one attached hydrogen (secondary N) is 1. The minimum atomic E-state index is -0.124. The maximum Gasteiger partial charge on any atom is 0.271 e. The fraction of sp³-hybridized carbons (Fsp3) is 0.538. The largest absolute Gasteiger partial charge is 0.381 e. The Morgan fingerprint density at radius 2 is 2.28 bits per heavy atom. The molecule has 1 saturated heterocycles. The van der Waals surface area contributed by atoms with Gasteiger partial charge in [0.15, 0.2) is 0 Å². The Labute approximate surface area is 115 Å². The minimum Gasteiger partial charge on any atom is -0.381 e. The molecule has 1 amide bonds. The number of aromatic nitrogens is 1. The first-order valence-corrected chi connectivity index (χ1v) is 6.97. The number of ether oxygens (including phenoxy) is 1. The molecule has 1 aromatic heterocycles. The Bertz CT molecular complexity index is 419. The van der Waals surface area contributed by atoms with Gasteiger partial charge in [-0.15, -0.1) is 0 Å². The highest BCUT2D eigenvalue weighted by Crippen LogP contribution is 2.19. The standard InChI is InChI=1S/C13H17BrN2O2/c1-9(10-4-7-18-8-5-10)16-13(17)12-11(14)3-2-6-15-12/h2-3,6,9-10H,4-5,7-8H2,1H3,(H,16,17). The van der Waals surface area contributed by atoms with Gasteiger partial charge in [-0.3, -0.25) is 4.79 Å². The van der Waals surface area contributed by atoms with Crippen molar-refractivity contribution in [2.24, 2.45) is 5.92 Å². The number of hydrogen-bond donors (Lipinski definition) is 1. The molecule has 0 radical (unpaired) electrons. The van der Waals surface area contributed by atoms with Gasteiger partial charge in [0.25, 0.3) is 5.91 Å². The number of pyridine rings is 1. The van der Waals surface area contributed by atoms with E-state index in [1.54, 1.807) is 12.3 Å². The van der Waals surface area contributed by atoms with Crippen molar-refractivity contribution >= 4 is 21.8 Å². The van der Waals surface area contributed by atoms with E-state index in [1.807, 2.05) is 13.0 Å². The Hall–Kier alpha value is -0.940. The van der Waals surface area contributed by atoms with Crippen LogP contribution in [0.2, 0.25) is 0 Å². The second kappa shape index (κ2) is 6.29. The number of rotatable bonds is 3. The molecule has 0 aliphatic carbocycles. The molecule has 1 aromatic rings. The fourth-order valence-electron chi connectivity index (χ4n) is 2.16. The third-order valence-electron chi connectivity index (χ3n) is 3.31. The summed E-state index contributed by atoms with van der Waals surface area (Å²) < 4.78 is 6.05. The molecule has 1 aliphatic heterocycles. The van der Waals surface area contributed by atoms with E-state index in [2.05, 4.69) is 26.2 Å². The number of carbonyl (C=O) groups excluding carboxylic acids is 1. The highest BCUT2D eigenvalue weighted by Gasteiger charge is 2.23. The van der Waals surface area contributed by atoms with Crippen LogP contribution in [0.4, 0.5) is 0 Å².